The Kier molecular flexibility index (Phi) is 2.00. The second-order valence-electron chi connectivity index (χ2n) is 3.89. The fourth-order valence-electron chi connectivity index (χ4n) is 1.94. The molecule has 2 aromatic heterocycles. The van der Waals surface area contributed by atoms with Crippen LogP contribution in [0.2, 0.25) is 0 Å². The molecular formula is C14H12N2. The summed E-state index contributed by atoms with van der Waals surface area (Å²) in [4.78, 5) is 4.66. The summed E-state index contributed by atoms with van der Waals surface area (Å²) in [6.45, 7) is 0. The lowest BCUT2D eigenvalue weighted by Gasteiger charge is -2.04. The van der Waals surface area contributed by atoms with E-state index in [-0.39, 0.29) is 0 Å². The third-order valence-corrected chi connectivity index (χ3v) is 2.80. The molecule has 0 fully saturated rings. The average molecular weight is 208 g/mol. The average Bonchev–Trinajstić information content (AvgIpc) is 2.75. The van der Waals surface area contributed by atoms with Gasteiger partial charge in [0.05, 0.1) is 16.9 Å². The zero-order valence-electron chi connectivity index (χ0n) is 9.09. The highest BCUT2D eigenvalue weighted by atomic mass is 14.9. The monoisotopic (exact) mass is 208 g/mol. The zero-order chi connectivity index (χ0) is 11.0. The Morgan fingerprint density at radius 1 is 0.938 bits per heavy atom. The van der Waals surface area contributed by atoms with Gasteiger partial charge in [-0.3, -0.25) is 0 Å². The van der Waals surface area contributed by atoms with E-state index >= 15 is 0 Å². The van der Waals surface area contributed by atoms with Crippen molar-refractivity contribution >= 4 is 10.9 Å². The van der Waals surface area contributed by atoms with Gasteiger partial charge in [0.1, 0.15) is 0 Å². The van der Waals surface area contributed by atoms with Crippen LogP contribution in [0.4, 0.5) is 0 Å². The Hall–Kier alpha value is -2.09. The number of benzene rings is 1. The van der Waals surface area contributed by atoms with Crippen molar-refractivity contribution in [3.63, 3.8) is 0 Å². The molecule has 0 atom stereocenters. The molecule has 0 amide bonds. The normalized spacial score (nSPS) is 10.8. The highest BCUT2D eigenvalue weighted by Gasteiger charge is 2.03. The predicted octanol–water partition coefficient (Wildman–Crippen LogP) is 3.24. The number of aryl methyl sites for hydroxylation is 1. The molecule has 0 N–H and O–H groups in total. The first-order chi connectivity index (χ1) is 7.84. The molecule has 2 heterocycles. The fourth-order valence-corrected chi connectivity index (χ4v) is 1.94. The van der Waals surface area contributed by atoms with Crippen molar-refractivity contribution in [1.82, 2.24) is 9.55 Å². The first kappa shape index (κ1) is 9.16. The highest BCUT2D eigenvalue weighted by molar-refractivity contribution is 5.81. The lowest BCUT2D eigenvalue weighted by Crippen LogP contribution is -1.92. The van der Waals surface area contributed by atoms with Crippen LogP contribution in [0.3, 0.4) is 0 Å². The van der Waals surface area contributed by atoms with Crippen molar-refractivity contribution in [2.75, 3.05) is 0 Å². The van der Waals surface area contributed by atoms with Crippen LogP contribution in [0.1, 0.15) is 0 Å². The van der Waals surface area contributed by atoms with E-state index in [4.69, 9.17) is 0 Å². The first-order valence-corrected chi connectivity index (χ1v) is 5.32. The van der Waals surface area contributed by atoms with E-state index in [1.165, 1.54) is 5.39 Å². The number of hydrogen-bond donors (Lipinski definition) is 0. The second-order valence-corrected chi connectivity index (χ2v) is 3.89. The first-order valence-electron chi connectivity index (χ1n) is 5.32. The van der Waals surface area contributed by atoms with Crippen molar-refractivity contribution in [3.8, 4) is 11.4 Å². The lowest BCUT2D eigenvalue weighted by atomic mass is 10.2. The maximum absolute atomic E-state index is 4.66. The van der Waals surface area contributed by atoms with Crippen molar-refractivity contribution < 1.29 is 0 Å². The Morgan fingerprint density at radius 3 is 2.62 bits per heavy atom. The van der Waals surface area contributed by atoms with Gasteiger partial charge in [0.2, 0.25) is 0 Å². The van der Waals surface area contributed by atoms with Crippen LogP contribution in [-0.2, 0) is 7.05 Å². The molecule has 3 aromatic rings. The van der Waals surface area contributed by atoms with E-state index in [0.29, 0.717) is 0 Å². The van der Waals surface area contributed by atoms with Gasteiger partial charge in [-0.05, 0) is 24.3 Å². The fraction of sp³-hybridized carbons (Fsp3) is 0.0714. The predicted molar refractivity (Wildman–Crippen MR) is 66.2 cm³/mol. The topological polar surface area (TPSA) is 17.8 Å². The Morgan fingerprint density at radius 2 is 1.81 bits per heavy atom. The van der Waals surface area contributed by atoms with Crippen molar-refractivity contribution in [2.24, 2.45) is 7.05 Å². The molecule has 16 heavy (non-hydrogen) atoms. The molecule has 0 unspecified atom stereocenters. The number of fused-ring (bicyclic) bond motifs is 1. The Balaban J connectivity index is 2.23. The smallest absolute Gasteiger partial charge is 0.0874 e. The van der Waals surface area contributed by atoms with E-state index in [1.54, 1.807) is 0 Å². The van der Waals surface area contributed by atoms with Crippen molar-refractivity contribution in [3.05, 3.63) is 54.7 Å². The molecule has 0 radical (unpaired) electrons. The Bertz CT molecular complexity index is 638. The molecular weight excluding hydrogens is 196 g/mol. The summed E-state index contributed by atoms with van der Waals surface area (Å²) in [5, 5.41) is 1.18. The van der Waals surface area contributed by atoms with Crippen LogP contribution in [0.25, 0.3) is 22.3 Å². The third-order valence-electron chi connectivity index (χ3n) is 2.80. The van der Waals surface area contributed by atoms with Gasteiger partial charge in [-0.2, -0.15) is 0 Å². The molecule has 0 saturated heterocycles. The van der Waals surface area contributed by atoms with Crippen LogP contribution in [-0.4, -0.2) is 9.55 Å². The minimum Gasteiger partial charge on any atom is -0.349 e. The molecule has 0 bridgehead atoms. The third kappa shape index (κ3) is 1.39. The summed E-state index contributed by atoms with van der Waals surface area (Å²) < 4.78 is 2.08. The molecule has 0 aliphatic heterocycles. The maximum Gasteiger partial charge on any atom is 0.0874 e. The van der Waals surface area contributed by atoms with Gasteiger partial charge in [-0.15, -0.1) is 0 Å². The number of aromatic nitrogens is 2. The van der Waals surface area contributed by atoms with Gasteiger partial charge >= 0.3 is 0 Å². The molecule has 78 valence electrons. The van der Waals surface area contributed by atoms with E-state index in [2.05, 4.69) is 33.8 Å². The minimum atomic E-state index is 1.02. The van der Waals surface area contributed by atoms with E-state index < -0.39 is 0 Å². The van der Waals surface area contributed by atoms with Gasteiger partial charge in [0.15, 0.2) is 0 Å². The molecule has 0 spiro atoms. The van der Waals surface area contributed by atoms with E-state index in [9.17, 15) is 0 Å². The number of para-hydroxylation sites is 1. The molecule has 3 rings (SSSR count). The van der Waals surface area contributed by atoms with Crippen LogP contribution >= 0.6 is 0 Å². The number of nitrogens with zero attached hydrogens (tertiary/aromatic N) is 2. The number of pyridine rings is 1. The van der Waals surface area contributed by atoms with Crippen LogP contribution in [0, 0.1) is 0 Å². The summed E-state index contributed by atoms with van der Waals surface area (Å²) >= 11 is 0. The summed E-state index contributed by atoms with van der Waals surface area (Å²) in [6, 6.07) is 16.5. The zero-order valence-corrected chi connectivity index (χ0v) is 9.09. The molecule has 1 aromatic carbocycles. The van der Waals surface area contributed by atoms with Crippen molar-refractivity contribution in [1.29, 1.82) is 0 Å². The van der Waals surface area contributed by atoms with Crippen molar-refractivity contribution in [2.45, 2.75) is 0 Å². The SMILES string of the molecule is Cn1cccc1-c1ccc2ccccc2n1. The van der Waals surface area contributed by atoms with Crippen LogP contribution < -0.4 is 0 Å². The van der Waals surface area contributed by atoms with Crippen LogP contribution in [0.5, 0.6) is 0 Å². The molecule has 2 nitrogen and oxygen atoms in total. The van der Waals surface area contributed by atoms with Gasteiger partial charge in [0.25, 0.3) is 0 Å². The van der Waals surface area contributed by atoms with E-state index in [1.807, 2.05) is 37.5 Å². The van der Waals surface area contributed by atoms with E-state index in [0.717, 1.165) is 16.9 Å². The lowest BCUT2D eigenvalue weighted by molar-refractivity contribution is 0.932. The van der Waals surface area contributed by atoms with Crippen LogP contribution in [0.15, 0.2) is 54.7 Å². The summed E-state index contributed by atoms with van der Waals surface area (Å²) in [6.07, 6.45) is 2.03. The van der Waals surface area contributed by atoms with Gasteiger partial charge in [-0.25, -0.2) is 4.98 Å². The maximum atomic E-state index is 4.66. The minimum absolute atomic E-state index is 1.02. The summed E-state index contributed by atoms with van der Waals surface area (Å²) in [5.74, 6) is 0. The largest absolute Gasteiger partial charge is 0.349 e. The molecule has 2 heteroatoms. The second kappa shape index (κ2) is 3.49. The quantitative estimate of drug-likeness (QED) is 0.600. The summed E-state index contributed by atoms with van der Waals surface area (Å²) in [7, 11) is 2.03. The highest BCUT2D eigenvalue weighted by Crippen LogP contribution is 2.20. The van der Waals surface area contributed by atoms with Gasteiger partial charge in [0, 0.05) is 18.6 Å². The van der Waals surface area contributed by atoms with Gasteiger partial charge < -0.3 is 4.57 Å². The van der Waals surface area contributed by atoms with Gasteiger partial charge in [-0.1, -0.05) is 24.3 Å². The Labute approximate surface area is 94.2 Å². The number of rotatable bonds is 1. The number of hydrogen-bond acceptors (Lipinski definition) is 1. The molecule has 0 aliphatic rings. The molecule has 0 saturated carbocycles. The standard InChI is InChI=1S/C14H12N2/c1-16-10-4-7-14(16)13-9-8-11-5-2-3-6-12(11)15-13/h2-10H,1H3. The summed E-state index contributed by atoms with van der Waals surface area (Å²) in [5.41, 5.74) is 3.21. The molecule has 0 aliphatic carbocycles.